The molecular formula is C18H19FN4O4. The maximum absolute atomic E-state index is 12.6. The van der Waals surface area contributed by atoms with Crippen LogP contribution in [0, 0.1) is 5.82 Å². The third-order valence-electron chi connectivity index (χ3n) is 4.16. The minimum absolute atomic E-state index is 0.0191. The summed E-state index contributed by atoms with van der Waals surface area (Å²) >= 11 is 0. The van der Waals surface area contributed by atoms with Crippen molar-refractivity contribution in [1.82, 2.24) is 15.4 Å². The van der Waals surface area contributed by atoms with Gasteiger partial charge in [0.1, 0.15) is 17.6 Å². The van der Waals surface area contributed by atoms with Gasteiger partial charge in [-0.05, 0) is 44.0 Å². The summed E-state index contributed by atoms with van der Waals surface area (Å²) in [6.07, 6.45) is 2.88. The molecule has 3 aromatic rings. The molecule has 1 atom stereocenters. The van der Waals surface area contributed by atoms with Gasteiger partial charge in [-0.1, -0.05) is 11.6 Å². The molecule has 1 unspecified atom stereocenters. The number of hydrogen-bond acceptors (Lipinski definition) is 7. The van der Waals surface area contributed by atoms with Crippen molar-refractivity contribution in [2.75, 3.05) is 0 Å². The Bertz CT molecular complexity index is 900. The van der Waals surface area contributed by atoms with Crippen molar-refractivity contribution in [3.05, 3.63) is 53.7 Å². The lowest BCUT2D eigenvalue weighted by Crippen LogP contribution is -2.09. The van der Waals surface area contributed by atoms with Crippen molar-refractivity contribution in [2.24, 2.45) is 5.73 Å². The van der Waals surface area contributed by atoms with E-state index in [1.165, 1.54) is 36.8 Å². The third-order valence-corrected chi connectivity index (χ3v) is 4.16. The molecule has 1 aromatic carbocycles. The van der Waals surface area contributed by atoms with Gasteiger partial charge in [0.05, 0.1) is 0 Å². The number of aliphatic hydroxyl groups excluding tert-OH is 1. The van der Waals surface area contributed by atoms with Crippen LogP contribution in [0.15, 0.2) is 39.3 Å². The van der Waals surface area contributed by atoms with Crippen LogP contribution in [0.3, 0.4) is 0 Å². The van der Waals surface area contributed by atoms with Gasteiger partial charge in [-0.2, -0.15) is 0 Å². The molecule has 0 radical (unpaired) electrons. The summed E-state index contributed by atoms with van der Waals surface area (Å²) in [5, 5.41) is 20.4. The van der Waals surface area contributed by atoms with Crippen LogP contribution in [-0.4, -0.2) is 26.4 Å². The molecule has 0 spiro atoms. The molecule has 1 fully saturated rings. The number of aromatic nitrogens is 3. The Morgan fingerprint density at radius 3 is 2.48 bits per heavy atom. The Kier molecular flexibility index (Phi) is 5.60. The average Bonchev–Trinajstić information content (AvgIpc) is 3.24. The molecule has 3 N–H and O–H groups in total. The number of hydrogen-bond donors (Lipinski definition) is 2. The zero-order valence-electron chi connectivity index (χ0n) is 14.6. The third kappa shape index (κ3) is 4.56. The summed E-state index contributed by atoms with van der Waals surface area (Å²) in [4.78, 5) is 10.7. The van der Waals surface area contributed by atoms with Crippen molar-refractivity contribution in [2.45, 2.75) is 38.2 Å². The number of halogens is 1. The van der Waals surface area contributed by atoms with Crippen molar-refractivity contribution in [3.63, 3.8) is 0 Å². The second-order valence-electron chi connectivity index (χ2n) is 6.23. The summed E-state index contributed by atoms with van der Waals surface area (Å²) in [7, 11) is 0. The van der Waals surface area contributed by atoms with E-state index < -0.39 is 12.0 Å². The normalized spacial score (nSPS) is 14.8. The zero-order valence-corrected chi connectivity index (χ0v) is 14.6. The Morgan fingerprint density at radius 2 is 2.00 bits per heavy atom. The molecule has 142 valence electrons. The van der Waals surface area contributed by atoms with Gasteiger partial charge in [0.15, 0.2) is 0 Å². The van der Waals surface area contributed by atoms with Crippen LogP contribution in [0.5, 0.6) is 0 Å². The van der Waals surface area contributed by atoms with Crippen LogP contribution in [0.25, 0.3) is 11.3 Å². The number of rotatable bonds is 4. The molecule has 1 saturated carbocycles. The molecule has 0 aliphatic heterocycles. The van der Waals surface area contributed by atoms with E-state index in [0.717, 1.165) is 12.8 Å². The monoisotopic (exact) mass is 374 g/mol. The maximum atomic E-state index is 12.6. The predicted molar refractivity (Wildman–Crippen MR) is 91.9 cm³/mol. The van der Waals surface area contributed by atoms with E-state index >= 15 is 0 Å². The van der Waals surface area contributed by atoms with Crippen LogP contribution < -0.4 is 5.73 Å². The Labute approximate surface area is 154 Å². The van der Waals surface area contributed by atoms with Crippen LogP contribution in [0.1, 0.15) is 60.5 Å². The van der Waals surface area contributed by atoms with Crippen LogP contribution in [0.2, 0.25) is 0 Å². The first-order valence-corrected chi connectivity index (χ1v) is 8.48. The number of benzene rings is 1. The summed E-state index contributed by atoms with van der Waals surface area (Å²) in [6, 6.07) is 7.09. The molecule has 1 aliphatic rings. The number of nitrogens with two attached hydrogens (primary N) is 1. The van der Waals surface area contributed by atoms with E-state index in [0.29, 0.717) is 29.0 Å². The molecule has 0 saturated heterocycles. The molecule has 2 heterocycles. The molecule has 4 rings (SSSR count). The molecule has 1 aliphatic carbocycles. The van der Waals surface area contributed by atoms with Crippen molar-refractivity contribution in [3.8, 4) is 11.3 Å². The van der Waals surface area contributed by atoms with Crippen molar-refractivity contribution >= 4 is 5.91 Å². The topological polar surface area (TPSA) is 128 Å². The predicted octanol–water partition coefficient (Wildman–Crippen LogP) is 2.97. The van der Waals surface area contributed by atoms with Gasteiger partial charge in [0.2, 0.25) is 17.5 Å². The van der Waals surface area contributed by atoms with Gasteiger partial charge in [0.25, 0.3) is 5.91 Å². The SMILES string of the molecule is CC(O)c1nnc(C2CCC2)o1.NC(=O)c1cc(-c2ccc(F)cc2)no1. The second kappa shape index (κ2) is 8.09. The lowest BCUT2D eigenvalue weighted by atomic mass is 9.85. The van der Waals surface area contributed by atoms with Gasteiger partial charge in [-0.25, -0.2) is 4.39 Å². The maximum Gasteiger partial charge on any atom is 0.287 e. The first-order valence-electron chi connectivity index (χ1n) is 8.48. The number of aliphatic hydroxyl groups is 1. The fourth-order valence-corrected chi connectivity index (χ4v) is 2.38. The molecule has 0 bridgehead atoms. The first-order chi connectivity index (χ1) is 12.9. The number of carbonyl (C=O) groups is 1. The Balaban J connectivity index is 0.000000159. The largest absolute Gasteiger partial charge is 0.422 e. The highest BCUT2D eigenvalue weighted by Gasteiger charge is 2.25. The molecule has 2 aromatic heterocycles. The number of primary amides is 1. The van der Waals surface area contributed by atoms with E-state index in [-0.39, 0.29) is 11.6 Å². The molecule has 9 heteroatoms. The minimum Gasteiger partial charge on any atom is -0.422 e. The van der Waals surface area contributed by atoms with Crippen LogP contribution >= 0.6 is 0 Å². The minimum atomic E-state index is -0.684. The molecular weight excluding hydrogens is 355 g/mol. The summed E-state index contributed by atoms with van der Waals surface area (Å²) in [5.41, 5.74) is 6.10. The van der Waals surface area contributed by atoms with Gasteiger partial charge >= 0.3 is 0 Å². The number of nitrogens with zero attached hydrogens (tertiary/aromatic N) is 3. The molecule has 8 nitrogen and oxygen atoms in total. The lowest BCUT2D eigenvalue weighted by molar-refractivity contribution is 0.0965. The number of amides is 1. The average molecular weight is 374 g/mol. The fourth-order valence-electron chi connectivity index (χ4n) is 2.38. The Morgan fingerprint density at radius 1 is 1.30 bits per heavy atom. The van der Waals surface area contributed by atoms with Crippen LogP contribution in [0.4, 0.5) is 4.39 Å². The van der Waals surface area contributed by atoms with Gasteiger partial charge in [0, 0.05) is 17.5 Å². The van der Waals surface area contributed by atoms with Crippen LogP contribution in [-0.2, 0) is 0 Å². The quantitative estimate of drug-likeness (QED) is 0.718. The highest BCUT2D eigenvalue weighted by molar-refractivity contribution is 5.90. The van der Waals surface area contributed by atoms with E-state index in [1.807, 2.05) is 0 Å². The van der Waals surface area contributed by atoms with Gasteiger partial charge in [-0.3, -0.25) is 4.79 Å². The zero-order chi connectivity index (χ0) is 19.4. The van der Waals surface area contributed by atoms with E-state index in [9.17, 15) is 9.18 Å². The smallest absolute Gasteiger partial charge is 0.287 e. The molecule has 27 heavy (non-hydrogen) atoms. The summed E-state index contributed by atoms with van der Waals surface area (Å²) < 4.78 is 22.6. The van der Waals surface area contributed by atoms with Gasteiger partial charge in [-0.15, -0.1) is 10.2 Å². The second-order valence-corrected chi connectivity index (χ2v) is 6.23. The van der Waals surface area contributed by atoms with E-state index in [2.05, 4.69) is 15.4 Å². The van der Waals surface area contributed by atoms with Crippen molar-refractivity contribution in [1.29, 1.82) is 0 Å². The summed E-state index contributed by atoms with van der Waals surface area (Å²) in [6.45, 7) is 1.62. The summed E-state index contributed by atoms with van der Waals surface area (Å²) in [5.74, 6) is 0.432. The van der Waals surface area contributed by atoms with Gasteiger partial charge < -0.3 is 19.8 Å². The molecule has 1 amide bonds. The lowest BCUT2D eigenvalue weighted by Gasteiger charge is -2.20. The fraction of sp³-hybridized carbons (Fsp3) is 0.333. The highest BCUT2D eigenvalue weighted by Crippen LogP contribution is 2.35. The first kappa shape index (κ1) is 18.7. The van der Waals surface area contributed by atoms with Crippen molar-refractivity contribution < 1.29 is 23.2 Å². The highest BCUT2D eigenvalue weighted by atomic mass is 19.1. The van der Waals surface area contributed by atoms with E-state index in [1.54, 1.807) is 6.92 Å². The Hall–Kier alpha value is -3.07. The standard InChI is InChI=1S/C10H7FN2O2.C8H12N2O2/c11-7-3-1-6(2-4-7)8-5-9(10(12)14)15-13-8;1-5(11)7-9-10-8(12-7)6-3-2-4-6/h1-5H,(H2,12,14);5-6,11H,2-4H2,1H3. The number of carbonyl (C=O) groups excluding carboxylic acids is 1. The van der Waals surface area contributed by atoms with E-state index in [4.69, 9.17) is 19.8 Å².